The molecule has 2 atom stereocenters. The lowest BCUT2D eigenvalue weighted by Crippen LogP contribution is -2.32. The van der Waals surface area contributed by atoms with Crippen LogP contribution >= 0.6 is 0 Å². The van der Waals surface area contributed by atoms with Crippen molar-refractivity contribution in [2.75, 3.05) is 23.8 Å². The summed E-state index contributed by atoms with van der Waals surface area (Å²) in [7, 11) is 0. The fourth-order valence-electron chi connectivity index (χ4n) is 3.69. The Morgan fingerprint density at radius 1 is 1.03 bits per heavy atom. The summed E-state index contributed by atoms with van der Waals surface area (Å²) < 4.78 is 11.3. The van der Waals surface area contributed by atoms with Crippen LogP contribution < -0.4 is 10.6 Å². The second kappa shape index (κ2) is 8.08. The highest BCUT2D eigenvalue weighted by Gasteiger charge is 2.28. The van der Waals surface area contributed by atoms with Gasteiger partial charge < -0.3 is 19.8 Å². The van der Waals surface area contributed by atoms with Crippen molar-refractivity contribution >= 4 is 23.3 Å². The summed E-state index contributed by atoms with van der Waals surface area (Å²) in [5.41, 5.74) is 3.19. The highest BCUT2D eigenvalue weighted by atomic mass is 16.5. The number of rotatable bonds is 4. The third-order valence-corrected chi connectivity index (χ3v) is 5.20. The first-order valence-corrected chi connectivity index (χ1v) is 9.99. The van der Waals surface area contributed by atoms with E-state index in [1.165, 1.54) is 0 Å². The van der Waals surface area contributed by atoms with E-state index < -0.39 is 6.17 Å². The summed E-state index contributed by atoms with van der Waals surface area (Å²) in [6.07, 6.45) is 0.990. The van der Waals surface area contributed by atoms with Gasteiger partial charge in [0.2, 0.25) is 12.1 Å². The van der Waals surface area contributed by atoms with Gasteiger partial charge in [-0.05, 0) is 18.9 Å². The molecule has 2 aliphatic heterocycles. The van der Waals surface area contributed by atoms with Crippen LogP contribution in [0.2, 0.25) is 0 Å². The Morgan fingerprint density at radius 3 is 2.70 bits per heavy atom. The average molecular weight is 403 g/mol. The van der Waals surface area contributed by atoms with Gasteiger partial charge in [-0.3, -0.25) is 4.79 Å². The van der Waals surface area contributed by atoms with Gasteiger partial charge in [0.15, 0.2) is 0 Å². The number of aliphatic imine (C=N–C) groups is 1. The van der Waals surface area contributed by atoms with Gasteiger partial charge in [-0.15, -0.1) is 5.10 Å². The first kappa shape index (κ1) is 18.5. The Labute approximate surface area is 173 Å². The molecule has 3 heterocycles. The van der Waals surface area contributed by atoms with Crippen molar-refractivity contribution in [3.8, 4) is 0 Å². The molecule has 0 radical (unpaired) electrons. The van der Waals surface area contributed by atoms with Gasteiger partial charge in [-0.25, -0.2) is 4.99 Å². The largest absolute Gasteiger partial charge is 0.408 e. The molecule has 0 saturated carbocycles. The highest BCUT2D eigenvalue weighted by molar-refractivity contribution is 6.19. The number of carbonyl (C=O) groups is 1. The Kier molecular flexibility index (Phi) is 4.98. The van der Waals surface area contributed by atoms with Gasteiger partial charge in [0.05, 0.1) is 23.9 Å². The Morgan fingerprint density at radius 2 is 1.87 bits per heavy atom. The summed E-state index contributed by atoms with van der Waals surface area (Å²) in [5, 5.41) is 14.1. The van der Waals surface area contributed by atoms with E-state index in [0.717, 1.165) is 30.6 Å². The summed E-state index contributed by atoms with van der Waals surface area (Å²) >= 11 is 0. The second-order valence-electron chi connectivity index (χ2n) is 7.28. The number of anilines is 2. The number of ether oxygens (including phenoxy) is 1. The van der Waals surface area contributed by atoms with E-state index in [1.54, 1.807) is 0 Å². The summed E-state index contributed by atoms with van der Waals surface area (Å²) in [6.45, 7) is 1.33. The minimum absolute atomic E-state index is 0.0809. The fourth-order valence-corrected chi connectivity index (χ4v) is 3.69. The average Bonchev–Trinajstić information content (AvgIpc) is 3.21. The molecule has 2 N–H and O–H groups in total. The van der Waals surface area contributed by atoms with Gasteiger partial charge in [0, 0.05) is 17.7 Å². The zero-order chi connectivity index (χ0) is 20.3. The van der Waals surface area contributed by atoms with Crippen LogP contribution in [0.1, 0.15) is 35.8 Å². The number of hydrogen-bond donors (Lipinski definition) is 2. The summed E-state index contributed by atoms with van der Waals surface area (Å²) in [5.74, 6) is 0.299. The van der Waals surface area contributed by atoms with Crippen LogP contribution in [0.3, 0.4) is 0 Å². The van der Waals surface area contributed by atoms with Crippen LogP contribution in [-0.2, 0) is 9.53 Å². The molecule has 0 bridgehead atoms. The maximum atomic E-state index is 12.9. The van der Waals surface area contributed by atoms with E-state index in [-0.39, 0.29) is 17.8 Å². The smallest absolute Gasteiger partial charge is 0.317 e. The molecule has 1 saturated heterocycles. The molecule has 8 heteroatoms. The Hall–Kier alpha value is -3.52. The van der Waals surface area contributed by atoms with Gasteiger partial charge in [-0.2, -0.15) is 0 Å². The van der Waals surface area contributed by atoms with Crippen molar-refractivity contribution in [2.45, 2.75) is 24.9 Å². The van der Waals surface area contributed by atoms with E-state index in [0.29, 0.717) is 23.9 Å². The van der Waals surface area contributed by atoms with Crippen LogP contribution in [-0.4, -0.2) is 41.2 Å². The van der Waals surface area contributed by atoms with E-state index >= 15 is 0 Å². The molecule has 30 heavy (non-hydrogen) atoms. The van der Waals surface area contributed by atoms with Crippen molar-refractivity contribution in [1.82, 2.24) is 10.2 Å². The topological polar surface area (TPSA) is 102 Å². The number of fused-ring (bicyclic) bond motifs is 1. The number of hydrogen-bond acceptors (Lipinski definition) is 7. The molecule has 1 fully saturated rings. The monoisotopic (exact) mass is 403 g/mol. The maximum Gasteiger partial charge on any atom is 0.317 e. The molecule has 3 aromatic rings. The van der Waals surface area contributed by atoms with E-state index in [4.69, 9.17) is 14.1 Å². The SMILES string of the molecule is O=C1Nc2ccccc2C(c2ccccc2)=NC1Nc1nnc([C@@H]2CCCOC2)o1. The van der Waals surface area contributed by atoms with Crippen LogP contribution in [0.15, 0.2) is 64.0 Å². The lowest BCUT2D eigenvalue weighted by Gasteiger charge is -2.18. The fraction of sp³-hybridized carbons (Fsp3) is 0.273. The van der Waals surface area contributed by atoms with Gasteiger partial charge in [0.25, 0.3) is 5.91 Å². The van der Waals surface area contributed by atoms with Crippen LogP contribution in [0.4, 0.5) is 11.7 Å². The normalized spacial score (nSPS) is 21.2. The minimum atomic E-state index is -0.913. The zero-order valence-corrected chi connectivity index (χ0v) is 16.2. The third-order valence-electron chi connectivity index (χ3n) is 5.20. The maximum absolute atomic E-state index is 12.9. The molecule has 1 amide bonds. The lowest BCUT2D eigenvalue weighted by atomic mass is 10.0. The predicted octanol–water partition coefficient (Wildman–Crippen LogP) is 3.19. The number of nitrogens with one attached hydrogen (secondary N) is 2. The van der Waals surface area contributed by atoms with Crippen molar-refractivity contribution < 1.29 is 13.9 Å². The van der Waals surface area contributed by atoms with Crippen molar-refractivity contribution in [2.24, 2.45) is 4.99 Å². The van der Waals surface area contributed by atoms with E-state index in [2.05, 4.69) is 20.8 Å². The summed E-state index contributed by atoms with van der Waals surface area (Å²) in [4.78, 5) is 17.6. The molecule has 8 nitrogen and oxygen atoms in total. The molecule has 2 aliphatic rings. The minimum Gasteiger partial charge on any atom is -0.408 e. The molecular formula is C22H21N5O3. The first-order valence-electron chi connectivity index (χ1n) is 9.99. The quantitative estimate of drug-likeness (QED) is 0.694. The van der Waals surface area contributed by atoms with Crippen molar-refractivity contribution in [3.05, 3.63) is 71.6 Å². The number of para-hydroxylation sites is 1. The molecule has 1 aromatic heterocycles. The summed E-state index contributed by atoms with van der Waals surface area (Å²) in [6, 6.07) is 17.5. The molecular weight excluding hydrogens is 382 g/mol. The Balaban J connectivity index is 1.46. The lowest BCUT2D eigenvalue weighted by molar-refractivity contribution is -0.116. The molecule has 0 spiro atoms. The number of nitrogens with zero attached hydrogens (tertiary/aromatic N) is 3. The van der Waals surface area contributed by atoms with Crippen LogP contribution in [0, 0.1) is 0 Å². The van der Waals surface area contributed by atoms with Crippen LogP contribution in [0.5, 0.6) is 0 Å². The molecule has 0 aliphatic carbocycles. The number of benzene rings is 2. The highest BCUT2D eigenvalue weighted by Crippen LogP contribution is 2.27. The molecule has 1 unspecified atom stereocenters. The Bertz CT molecular complexity index is 1070. The number of amides is 1. The van der Waals surface area contributed by atoms with Crippen molar-refractivity contribution in [1.29, 1.82) is 0 Å². The zero-order valence-electron chi connectivity index (χ0n) is 16.2. The van der Waals surface area contributed by atoms with E-state index in [9.17, 15) is 4.79 Å². The number of benzodiazepines with no additional fused rings is 1. The molecule has 2 aromatic carbocycles. The molecule has 5 rings (SSSR count). The van der Waals surface area contributed by atoms with Crippen molar-refractivity contribution in [3.63, 3.8) is 0 Å². The van der Waals surface area contributed by atoms with Gasteiger partial charge >= 0.3 is 6.01 Å². The van der Waals surface area contributed by atoms with E-state index in [1.807, 2.05) is 54.6 Å². The van der Waals surface area contributed by atoms with Gasteiger partial charge in [0.1, 0.15) is 0 Å². The first-order chi connectivity index (χ1) is 14.8. The number of carbonyl (C=O) groups excluding carboxylic acids is 1. The molecule has 152 valence electrons. The number of aromatic nitrogens is 2. The predicted molar refractivity (Wildman–Crippen MR) is 112 cm³/mol. The standard InChI is InChI=1S/C22H21N5O3/c28-20-19(25-22-27-26-21(30-22)15-9-6-12-29-13-15)24-18(14-7-2-1-3-8-14)16-10-4-5-11-17(16)23-20/h1-5,7-8,10-11,15,19H,6,9,12-13H2,(H,23,28)(H,25,27)/t15-,19?/m1/s1. The second-order valence-corrected chi connectivity index (χ2v) is 7.28. The third kappa shape index (κ3) is 3.69. The van der Waals surface area contributed by atoms with Crippen LogP contribution in [0.25, 0.3) is 0 Å². The van der Waals surface area contributed by atoms with Gasteiger partial charge in [-0.1, -0.05) is 53.6 Å².